The van der Waals surface area contributed by atoms with E-state index in [9.17, 15) is 20.1 Å². The lowest BCUT2D eigenvalue weighted by Crippen LogP contribution is -2.20. The summed E-state index contributed by atoms with van der Waals surface area (Å²) in [6, 6.07) is 3.84. The summed E-state index contributed by atoms with van der Waals surface area (Å²) in [5, 5.41) is 18.8. The fourth-order valence-corrected chi connectivity index (χ4v) is 3.65. The van der Waals surface area contributed by atoms with E-state index in [0.717, 1.165) is 12.8 Å². The maximum absolute atomic E-state index is 12.1. The molecule has 0 aromatic heterocycles. The number of allylic oxidation sites excluding steroid dienone is 2. The number of nitriles is 2. The summed E-state index contributed by atoms with van der Waals surface area (Å²) in [7, 11) is 1.22. The molecule has 1 aliphatic carbocycles. The molecule has 1 fully saturated rings. The molecule has 24 heavy (non-hydrogen) atoms. The SMILES string of the molecule is CCOC(=O)C(C#N)=C1CCCCC1C(SC)=C(C#N)C(=O)OC. The Hall–Kier alpha value is -2.25. The minimum absolute atomic E-state index is 0.0183. The Morgan fingerprint density at radius 3 is 2.46 bits per heavy atom. The molecule has 1 saturated carbocycles. The Morgan fingerprint density at radius 2 is 1.96 bits per heavy atom. The predicted octanol–water partition coefficient (Wildman–Crippen LogP) is 2.87. The Labute approximate surface area is 146 Å². The van der Waals surface area contributed by atoms with Crippen LogP contribution in [-0.2, 0) is 19.1 Å². The van der Waals surface area contributed by atoms with Crippen molar-refractivity contribution in [1.29, 1.82) is 10.5 Å². The molecule has 0 aromatic carbocycles. The molecular weight excluding hydrogens is 328 g/mol. The lowest BCUT2D eigenvalue weighted by molar-refractivity contribution is -0.138. The van der Waals surface area contributed by atoms with Crippen molar-refractivity contribution in [3.05, 3.63) is 21.6 Å². The summed E-state index contributed by atoms with van der Waals surface area (Å²) in [5.74, 6) is -1.68. The van der Waals surface area contributed by atoms with E-state index >= 15 is 0 Å². The van der Waals surface area contributed by atoms with Crippen molar-refractivity contribution >= 4 is 23.7 Å². The highest BCUT2D eigenvalue weighted by atomic mass is 32.2. The highest BCUT2D eigenvalue weighted by molar-refractivity contribution is 8.02. The van der Waals surface area contributed by atoms with Crippen LogP contribution in [0.15, 0.2) is 21.6 Å². The first-order valence-corrected chi connectivity index (χ1v) is 8.84. The van der Waals surface area contributed by atoms with Gasteiger partial charge in [-0.15, -0.1) is 11.8 Å². The number of rotatable bonds is 5. The highest BCUT2D eigenvalue weighted by Gasteiger charge is 2.32. The number of esters is 2. The summed E-state index contributed by atoms with van der Waals surface area (Å²) >= 11 is 1.27. The zero-order valence-electron chi connectivity index (χ0n) is 14.0. The lowest BCUT2D eigenvalue weighted by Gasteiger charge is -2.28. The third-order valence-electron chi connectivity index (χ3n) is 3.81. The molecule has 0 saturated heterocycles. The van der Waals surface area contributed by atoms with Gasteiger partial charge in [-0.3, -0.25) is 0 Å². The highest BCUT2D eigenvalue weighted by Crippen LogP contribution is 2.41. The maximum atomic E-state index is 12.1. The van der Waals surface area contributed by atoms with Gasteiger partial charge in [0.1, 0.15) is 23.3 Å². The minimum atomic E-state index is -0.707. The van der Waals surface area contributed by atoms with E-state index in [1.807, 2.05) is 12.1 Å². The van der Waals surface area contributed by atoms with Gasteiger partial charge >= 0.3 is 11.9 Å². The smallest absolute Gasteiger partial charge is 0.349 e. The van der Waals surface area contributed by atoms with Crippen LogP contribution in [0.5, 0.6) is 0 Å². The van der Waals surface area contributed by atoms with E-state index in [4.69, 9.17) is 4.74 Å². The van der Waals surface area contributed by atoms with Gasteiger partial charge in [-0.1, -0.05) is 6.42 Å². The van der Waals surface area contributed by atoms with Gasteiger partial charge in [0.25, 0.3) is 0 Å². The van der Waals surface area contributed by atoms with Gasteiger partial charge < -0.3 is 9.47 Å². The first kappa shape index (κ1) is 19.8. The third kappa shape index (κ3) is 4.39. The number of carbonyl (C=O) groups is 2. The first-order valence-electron chi connectivity index (χ1n) is 7.62. The van der Waals surface area contributed by atoms with Crippen LogP contribution < -0.4 is 0 Å². The van der Waals surface area contributed by atoms with Crippen LogP contribution in [-0.4, -0.2) is 31.9 Å². The van der Waals surface area contributed by atoms with E-state index in [1.54, 1.807) is 13.2 Å². The number of hydrogen-bond donors (Lipinski definition) is 0. The molecule has 7 heteroatoms. The second-order valence-electron chi connectivity index (χ2n) is 5.08. The Morgan fingerprint density at radius 1 is 1.25 bits per heavy atom. The van der Waals surface area contributed by atoms with E-state index < -0.39 is 11.9 Å². The van der Waals surface area contributed by atoms with Crippen molar-refractivity contribution in [2.24, 2.45) is 5.92 Å². The van der Waals surface area contributed by atoms with E-state index in [1.165, 1.54) is 18.9 Å². The van der Waals surface area contributed by atoms with Gasteiger partial charge in [0, 0.05) is 10.8 Å². The fourth-order valence-electron chi connectivity index (χ4n) is 2.77. The molecule has 1 rings (SSSR count). The molecule has 0 aromatic rings. The molecular formula is C17H20N2O4S. The summed E-state index contributed by atoms with van der Waals surface area (Å²) < 4.78 is 9.65. The predicted molar refractivity (Wildman–Crippen MR) is 89.4 cm³/mol. The zero-order valence-corrected chi connectivity index (χ0v) is 14.9. The molecule has 0 heterocycles. The summed E-state index contributed by atoms with van der Waals surface area (Å²) in [5.41, 5.74) is 0.550. The molecule has 0 radical (unpaired) electrons. The molecule has 1 aliphatic rings. The molecule has 1 atom stereocenters. The molecule has 1 unspecified atom stereocenters. The van der Waals surface area contributed by atoms with Gasteiger partial charge in [-0.2, -0.15) is 10.5 Å². The first-order chi connectivity index (χ1) is 11.5. The van der Waals surface area contributed by atoms with Crippen molar-refractivity contribution in [2.75, 3.05) is 20.0 Å². The minimum Gasteiger partial charge on any atom is -0.465 e. The molecule has 128 valence electrons. The quantitative estimate of drug-likeness (QED) is 0.428. The van der Waals surface area contributed by atoms with E-state index in [2.05, 4.69) is 4.74 Å². The van der Waals surface area contributed by atoms with Crippen molar-refractivity contribution in [3.63, 3.8) is 0 Å². The topological polar surface area (TPSA) is 100 Å². The molecule has 0 N–H and O–H groups in total. The van der Waals surface area contributed by atoms with Gasteiger partial charge in [-0.25, -0.2) is 9.59 Å². The largest absolute Gasteiger partial charge is 0.465 e. The van der Waals surface area contributed by atoms with Crippen LogP contribution in [0.2, 0.25) is 0 Å². The van der Waals surface area contributed by atoms with E-state index in [-0.39, 0.29) is 23.7 Å². The van der Waals surface area contributed by atoms with Crippen LogP contribution in [0, 0.1) is 28.6 Å². The van der Waals surface area contributed by atoms with Crippen molar-refractivity contribution < 1.29 is 19.1 Å². The fraction of sp³-hybridized carbons (Fsp3) is 0.529. The number of thioether (sulfide) groups is 1. The van der Waals surface area contributed by atoms with Gasteiger partial charge in [0.05, 0.1) is 13.7 Å². The maximum Gasteiger partial charge on any atom is 0.349 e. The Kier molecular flexibility index (Phi) is 8.08. The molecule has 6 nitrogen and oxygen atoms in total. The van der Waals surface area contributed by atoms with Crippen molar-refractivity contribution in [2.45, 2.75) is 32.6 Å². The van der Waals surface area contributed by atoms with Crippen LogP contribution in [0.1, 0.15) is 32.6 Å². The molecule has 0 spiro atoms. The zero-order chi connectivity index (χ0) is 18.1. The van der Waals surface area contributed by atoms with Crippen LogP contribution >= 0.6 is 11.8 Å². The van der Waals surface area contributed by atoms with Gasteiger partial charge in [0.2, 0.25) is 0 Å². The second kappa shape index (κ2) is 9.79. The second-order valence-corrected chi connectivity index (χ2v) is 5.93. The molecule has 0 aliphatic heterocycles. The summed E-state index contributed by atoms with van der Waals surface area (Å²) in [6.07, 6.45) is 4.73. The monoisotopic (exact) mass is 348 g/mol. The van der Waals surface area contributed by atoms with Crippen LogP contribution in [0.4, 0.5) is 0 Å². The van der Waals surface area contributed by atoms with Crippen LogP contribution in [0.3, 0.4) is 0 Å². The normalized spacial score (nSPS) is 20.1. The van der Waals surface area contributed by atoms with E-state index in [0.29, 0.717) is 23.3 Å². The number of carbonyl (C=O) groups excluding carboxylic acids is 2. The standard InChI is InChI=1S/C17H20N2O4S/c1-4-23-17(21)13(9-18)11-7-5-6-8-12(11)15(24-3)14(10-19)16(20)22-2/h12H,4-8H2,1-3H3. The average Bonchev–Trinajstić information content (AvgIpc) is 2.60. The number of nitrogens with zero attached hydrogens (tertiary/aromatic N) is 2. The number of ether oxygens (including phenoxy) is 2. The number of methoxy groups -OCH3 is 1. The lowest BCUT2D eigenvalue weighted by atomic mass is 9.80. The van der Waals surface area contributed by atoms with Crippen LogP contribution in [0.25, 0.3) is 0 Å². The van der Waals surface area contributed by atoms with Crippen molar-refractivity contribution in [3.8, 4) is 12.1 Å². The van der Waals surface area contributed by atoms with Crippen molar-refractivity contribution in [1.82, 2.24) is 0 Å². The van der Waals surface area contributed by atoms with Gasteiger partial charge in [-0.05, 0) is 38.0 Å². The summed E-state index contributed by atoms with van der Waals surface area (Å²) in [6.45, 7) is 1.85. The Balaban J connectivity index is 3.48. The molecule has 0 amide bonds. The number of hydrogen-bond acceptors (Lipinski definition) is 7. The summed E-state index contributed by atoms with van der Waals surface area (Å²) in [4.78, 5) is 24.5. The molecule has 0 bridgehead atoms. The van der Waals surface area contributed by atoms with Gasteiger partial charge in [0.15, 0.2) is 0 Å². The Bertz CT molecular complexity index is 652. The average molecular weight is 348 g/mol. The third-order valence-corrected chi connectivity index (χ3v) is 4.73.